The molecule has 36 heavy (non-hydrogen) atoms. The summed E-state index contributed by atoms with van der Waals surface area (Å²) in [6.45, 7) is 3.88. The molecule has 2 aliphatic heterocycles. The van der Waals surface area contributed by atoms with Crippen LogP contribution in [0.25, 0.3) is 6.08 Å². The van der Waals surface area contributed by atoms with E-state index < -0.39 is 11.7 Å². The van der Waals surface area contributed by atoms with Gasteiger partial charge in [0, 0.05) is 50.4 Å². The Balaban J connectivity index is 1.37. The molecule has 3 aliphatic rings. The van der Waals surface area contributed by atoms with E-state index in [-0.39, 0.29) is 35.1 Å². The maximum atomic E-state index is 13.2. The number of nitrogens with zero attached hydrogens (tertiary/aromatic N) is 3. The Labute approximate surface area is 212 Å². The number of ether oxygens (including phenoxy) is 1. The number of piperazine rings is 1. The predicted octanol–water partition coefficient (Wildman–Crippen LogP) is 4.09. The van der Waals surface area contributed by atoms with Crippen molar-refractivity contribution < 1.29 is 32.3 Å². The molecule has 1 saturated carbocycles. The van der Waals surface area contributed by atoms with Gasteiger partial charge in [-0.3, -0.25) is 9.59 Å². The van der Waals surface area contributed by atoms with Gasteiger partial charge in [0.1, 0.15) is 0 Å². The van der Waals surface area contributed by atoms with Crippen LogP contribution in [-0.2, 0) is 20.5 Å². The number of hydrogen-bond acceptors (Lipinski definition) is 5. The minimum atomic E-state index is -4.40. The Morgan fingerprint density at radius 1 is 1.08 bits per heavy atom. The number of halogens is 3. The van der Waals surface area contributed by atoms with E-state index in [4.69, 9.17) is 4.74 Å². The van der Waals surface area contributed by atoms with E-state index in [1.165, 1.54) is 23.9 Å². The Morgan fingerprint density at radius 3 is 2.33 bits per heavy atom. The Bertz CT molecular complexity index is 1020. The van der Waals surface area contributed by atoms with Crippen LogP contribution in [0.2, 0.25) is 0 Å². The van der Waals surface area contributed by atoms with Crippen LogP contribution in [0.3, 0.4) is 0 Å². The van der Waals surface area contributed by atoms with Crippen LogP contribution >= 0.6 is 11.8 Å². The zero-order valence-electron chi connectivity index (χ0n) is 20.3. The zero-order valence-corrected chi connectivity index (χ0v) is 21.1. The van der Waals surface area contributed by atoms with Gasteiger partial charge >= 0.3 is 12.3 Å². The van der Waals surface area contributed by atoms with Crippen LogP contribution < -0.4 is 0 Å². The predicted molar refractivity (Wildman–Crippen MR) is 130 cm³/mol. The van der Waals surface area contributed by atoms with Crippen molar-refractivity contribution in [2.24, 2.45) is 5.92 Å². The van der Waals surface area contributed by atoms with Crippen LogP contribution in [-0.4, -0.2) is 83.7 Å². The van der Waals surface area contributed by atoms with Gasteiger partial charge in [-0.25, -0.2) is 4.79 Å². The summed E-state index contributed by atoms with van der Waals surface area (Å²) in [4.78, 5) is 43.8. The fourth-order valence-corrected chi connectivity index (χ4v) is 6.50. The summed E-state index contributed by atoms with van der Waals surface area (Å²) in [6, 6.07) is 4.68. The highest BCUT2D eigenvalue weighted by Gasteiger charge is 2.44. The van der Waals surface area contributed by atoms with Crippen LogP contribution in [0.1, 0.15) is 37.3 Å². The summed E-state index contributed by atoms with van der Waals surface area (Å²) in [5, 5.41) is 0.123. The second-order valence-electron chi connectivity index (χ2n) is 9.29. The molecule has 3 amide bonds. The lowest BCUT2D eigenvalue weighted by Gasteiger charge is -2.45. The first-order valence-electron chi connectivity index (χ1n) is 12.1. The average molecular weight is 526 g/mol. The van der Waals surface area contributed by atoms with Gasteiger partial charge in [0.25, 0.3) is 5.91 Å². The lowest BCUT2D eigenvalue weighted by Crippen LogP contribution is -2.55. The van der Waals surface area contributed by atoms with E-state index in [0.29, 0.717) is 56.1 Å². The SMILES string of the molecule is CCOC(=O)N1CCN(C(=O)C2CCC3S/C(=C\c4ccc(C(F)(F)F)cc4)C(=O)N(C)C3C2)CC1. The average Bonchev–Trinajstić information content (AvgIpc) is 2.86. The summed E-state index contributed by atoms with van der Waals surface area (Å²) in [7, 11) is 1.73. The molecule has 3 unspecified atom stereocenters. The molecule has 0 radical (unpaired) electrons. The summed E-state index contributed by atoms with van der Waals surface area (Å²) >= 11 is 1.45. The third kappa shape index (κ3) is 5.66. The number of likely N-dealkylation sites (N-methyl/N-ethyl adjacent to an activating group) is 1. The van der Waals surface area contributed by atoms with Gasteiger partial charge in [0.15, 0.2) is 0 Å². The van der Waals surface area contributed by atoms with Crippen molar-refractivity contribution in [3.05, 3.63) is 40.3 Å². The molecule has 1 aromatic rings. The van der Waals surface area contributed by atoms with Gasteiger partial charge in [-0.15, -0.1) is 11.8 Å². The highest BCUT2D eigenvalue weighted by molar-refractivity contribution is 8.04. The second kappa shape index (κ2) is 10.7. The van der Waals surface area contributed by atoms with Crippen molar-refractivity contribution >= 4 is 35.7 Å². The number of amides is 3. The Hall–Kier alpha value is -2.69. The molecule has 2 heterocycles. The number of thioether (sulfide) groups is 1. The quantitative estimate of drug-likeness (QED) is 0.556. The van der Waals surface area contributed by atoms with Crippen molar-refractivity contribution in [2.75, 3.05) is 39.8 Å². The highest BCUT2D eigenvalue weighted by Crippen LogP contribution is 2.43. The molecule has 0 bridgehead atoms. The van der Waals surface area contributed by atoms with Gasteiger partial charge < -0.3 is 19.4 Å². The molecule has 4 rings (SSSR count). The third-order valence-electron chi connectivity index (χ3n) is 7.06. The van der Waals surface area contributed by atoms with E-state index >= 15 is 0 Å². The lowest BCUT2D eigenvalue weighted by atomic mass is 9.83. The van der Waals surface area contributed by atoms with Crippen molar-refractivity contribution in [1.29, 1.82) is 0 Å². The third-order valence-corrected chi connectivity index (χ3v) is 8.46. The smallest absolute Gasteiger partial charge is 0.416 e. The molecule has 0 N–H and O–H groups in total. The number of benzene rings is 1. The highest BCUT2D eigenvalue weighted by atomic mass is 32.2. The number of rotatable bonds is 3. The molecule has 3 atom stereocenters. The standard InChI is InChI=1S/C25H30F3N3O4S/c1-3-35-24(34)31-12-10-30(11-13-31)22(32)17-6-9-20-19(15-17)29(2)23(33)21(36-20)14-16-4-7-18(8-5-16)25(26,27)28/h4-5,7-8,14,17,19-20H,3,6,9-13,15H2,1-2H3/b21-14-. The first-order chi connectivity index (χ1) is 17.1. The normalized spacial score (nSPS) is 26.1. The number of fused-ring (bicyclic) bond motifs is 1. The second-order valence-corrected chi connectivity index (χ2v) is 10.6. The fraction of sp³-hybridized carbons (Fsp3) is 0.560. The molecule has 196 valence electrons. The van der Waals surface area contributed by atoms with Crippen LogP contribution in [0.4, 0.5) is 18.0 Å². The van der Waals surface area contributed by atoms with Gasteiger partial charge in [-0.2, -0.15) is 13.2 Å². The summed E-state index contributed by atoms with van der Waals surface area (Å²) in [5.41, 5.74) is -0.189. The summed E-state index contributed by atoms with van der Waals surface area (Å²) in [6.07, 6.45) is -1.08. The molecular formula is C25H30F3N3O4S. The van der Waals surface area contributed by atoms with E-state index in [9.17, 15) is 27.6 Å². The first kappa shape index (κ1) is 26.4. The minimum Gasteiger partial charge on any atom is -0.450 e. The van der Waals surface area contributed by atoms with Gasteiger partial charge in [-0.1, -0.05) is 12.1 Å². The maximum absolute atomic E-state index is 13.2. The van der Waals surface area contributed by atoms with Gasteiger partial charge in [0.05, 0.1) is 17.1 Å². The van der Waals surface area contributed by atoms with E-state index in [1.54, 1.807) is 34.7 Å². The van der Waals surface area contributed by atoms with E-state index in [2.05, 4.69) is 0 Å². The van der Waals surface area contributed by atoms with E-state index in [0.717, 1.165) is 18.6 Å². The van der Waals surface area contributed by atoms with Crippen molar-refractivity contribution in [3.8, 4) is 0 Å². The maximum Gasteiger partial charge on any atom is 0.416 e. The number of carbonyl (C=O) groups is 3. The summed E-state index contributed by atoms with van der Waals surface area (Å²) in [5.74, 6) is -0.303. The first-order valence-corrected chi connectivity index (χ1v) is 13.0. The molecule has 3 fully saturated rings. The monoisotopic (exact) mass is 525 g/mol. The molecule has 2 saturated heterocycles. The minimum absolute atomic E-state index is 0.0638. The van der Waals surface area contributed by atoms with Crippen molar-refractivity contribution in [3.63, 3.8) is 0 Å². The van der Waals surface area contributed by atoms with Crippen LogP contribution in [0, 0.1) is 5.92 Å². The summed E-state index contributed by atoms with van der Waals surface area (Å²) < 4.78 is 43.5. The molecule has 7 nitrogen and oxygen atoms in total. The Kier molecular flexibility index (Phi) is 7.87. The van der Waals surface area contributed by atoms with Gasteiger partial charge in [0.2, 0.25) is 5.91 Å². The van der Waals surface area contributed by atoms with Crippen molar-refractivity contribution in [1.82, 2.24) is 14.7 Å². The number of carbonyl (C=O) groups excluding carboxylic acids is 3. The van der Waals surface area contributed by atoms with Crippen molar-refractivity contribution in [2.45, 2.75) is 43.7 Å². The molecule has 11 heteroatoms. The van der Waals surface area contributed by atoms with Crippen LogP contribution in [0.15, 0.2) is 29.2 Å². The number of alkyl halides is 3. The van der Waals surface area contributed by atoms with Gasteiger partial charge in [-0.05, 0) is 50.0 Å². The largest absolute Gasteiger partial charge is 0.450 e. The topological polar surface area (TPSA) is 70.2 Å². The Morgan fingerprint density at radius 2 is 1.72 bits per heavy atom. The molecular weight excluding hydrogens is 495 g/mol. The molecule has 0 spiro atoms. The zero-order chi connectivity index (χ0) is 26.0. The molecule has 1 aliphatic carbocycles. The fourth-order valence-electron chi connectivity index (χ4n) is 5.02. The lowest BCUT2D eigenvalue weighted by molar-refractivity contribution is -0.140. The van der Waals surface area contributed by atoms with Crippen LogP contribution in [0.5, 0.6) is 0 Å². The van der Waals surface area contributed by atoms with E-state index in [1.807, 2.05) is 0 Å². The number of hydrogen-bond donors (Lipinski definition) is 0. The molecule has 0 aromatic heterocycles. The molecule has 1 aromatic carbocycles.